The number of nitrogens with zero attached hydrogens (tertiary/aromatic N) is 1. The lowest BCUT2D eigenvalue weighted by Gasteiger charge is -2.15. The summed E-state index contributed by atoms with van der Waals surface area (Å²) in [5.74, 6) is -1.30. The van der Waals surface area contributed by atoms with Crippen molar-refractivity contribution in [3.8, 4) is 11.5 Å². The zero-order valence-electron chi connectivity index (χ0n) is 21.2. The van der Waals surface area contributed by atoms with E-state index in [0.717, 1.165) is 16.7 Å². The van der Waals surface area contributed by atoms with Gasteiger partial charge in [0.2, 0.25) is 5.76 Å². The Labute approximate surface area is 240 Å². The van der Waals surface area contributed by atoms with Gasteiger partial charge >= 0.3 is 5.97 Å². The molecule has 0 saturated carbocycles. The summed E-state index contributed by atoms with van der Waals surface area (Å²) in [6, 6.07) is 11.5. The SMILES string of the molecule is CCOc1cc(/C=C2/SC(=O)N(Cc3ccc(C(=O)OC)o3)C2=O)cc(Br)c1OCC(=O)Nc1ccc(F)cc1. The van der Waals surface area contributed by atoms with E-state index in [1.54, 1.807) is 19.1 Å². The van der Waals surface area contributed by atoms with Gasteiger partial charge in [-0.05, 0) is 94.8 Å². The van der Waals surface area contributed by atoms with Gasteiger partial charge in [0, 0.05) is 5.69 Å². The Hall–Kier alpha value is -4.10. The van der Waals surface area contributed by atoms with E-state index in [2.05, 4.69) is 26.0 Å². The largest absolute Gasteiger partial charge is 0.490 e. The maximum absolute atomic E-state index is 13.1. The molecule has 0 bridgehead atoms. The second kappa shape index (κ2) is 12.8. The van der Waals surface area contributed by atoms with Gasteiger partial charge in [0.1, 0.15) is 11.6 Å². The summed E-state index contributed by atoms with van der Waals surface area (Å²) in [6.45, 7) is 1.57. The number of anilines is 1. The van der Waals surface area contributed by atoms with Gasteiger partial charge in [-0.1, -0.05) is 0 Å². The fourth-order valence-electron chi connectivity index (χ4n) is 3.56. The quantitative estimate of drug-likeness (QED) is 0.224. The fraction of sp³-hybridized carbons (Fsp3) is 0.185. The lowest BCUT2D eigenvalue weighted by Crippen LogP contribution is -2.27. The molecule has 1 fully saturated rings. The molecule has 1 aromatic heterocycles. The van der Waals surface area contributed by atoms with Crippen molar-refractivity contribution in [2.75, 3.05) is 25.6 Å². The average molecular weight is 633 g/mol. The Bertz CT molecular complexity index is 1490. The molecule has 13 heteroatoms. The number of carbonyl (C=O) groups excluding carboxylic acids is 4. The zero-order chi connectivity index (χ0) is 28.8. The molecule has 3 amide bonds. The fourth-order valence-corrected chi connectivity index (χ4v) is 4.97. The van der Waals surface area contributed by atoms with Crippen molar-refractivity contribution in [2.24, 2.45) is 0 Å². The van der Waals surface area contributed by atoms with E-state index in [4.69, 9.17) is 13.9 Å². The van der Waals surface area contributed by atoms with E-state index < -0.39 is 28.8 Å². The number of methoxy groups -OCH3 is 1. The molecule has 0 unspecified atom stereocenters. The number of ether oxygens (including phenoxy) is 3. The van der Waals surface area contributed by atoms with Crippen LogP contribution in [0, 0.1) is 5.82 Å². The van der Waals surface area contributed by atoms with Crippen LogP contribution in [0.25, 0.3) is 6.08 Å². The topological polar surface area (TPSA) is 124 Å². The predicted molar refractivity (Wildman–Crippen MR) is 147 cm³/mol. The summed E-state index contributed by atoms with van der Waals surface area (Å²) >= 11 is 4.18. The first-order chi connectivity index (χ1) is 19.2. The van der Waals surface area contributed by atoms with Gasteiger partial charge in [-0.15, -0.1) is 0 Å². The van der Waals surface area contributed by atoms with Gasteiger partial charge in [-0.25, -0.2) is 9.18 Å². The van der Waals surface area contributed by atoms with Gasteiger partial charge in [0.25, 0.3) is 17.1 Å². The highest BCUT2D eigenvalue weighted by atomic mass is 79.9. The van der Waals surface area contributed by atoms with Crippen LogP contribution in [0.3, 0.4) is 0 Å². The van der Waals surface area contributed by atoms with Crippen LogP contribution >= 0.6 is 27.7 Å². The number of carbonyl (C=O) groups is 4. The van der Waals surface area contributed by atoms with Gasteiger partial charge < -0.3 is 23.9 Å². The number of halogens is 2. The molecule has 4 rings (SSSR count). The number of nitrogens with one attached hydrogen (secondary N) is 1. The van der Waals surface area contributed by atoms with Gasteiger partial charge in [0.05, 0.1) is 29.6 Å². The number of rotatable bonds is 10. The summed E-state index contributed by atoms with van der Waals surface area (Å²) < 4.78 is 34.9. The summed E-state index contributed by atoms with van der Waals surface area (Å²) in [5, 5.41) is 2.11. The lowest BCUT2D eigenvalue weighted by atomic mass is 10.2. The number of hydrogen-bond donors (Lipinski definition) is 1. The first-order valence-corrected chi connectivity index (χ1v) is 13.4. The van der Waals surface area contributed by atoms with E-state index in [0.29, 0.717) is 28.1 Å². The first kappa shape index (κ1) is 28.9. The van der Waals surface area contributed by atoms with Crippen LogP contribution in [0.2, 0.25) is 0 Å². The van der Waals surface area contributed by atoms with Crippen molar-refractivity contribution in [1.82, 2.24) is 4.90 Å². The standard InChI is InChI=1S/C27H22BrFN2O8S/c1-3-37-21-11-15(10-19(28)24(21)38-14-23(32)30-17-6-4-16(29)5-7-17)12-22-25(33)31(27(35)40-22)13-18-8-9-20(39-18)26(34)36-2/h4-12H,3,13-14H2,1-2H3,(H,30,32)/b22-12+. The maximum atomic E-state index is 13.1. The Morgan fingerprint density at radius 3 is 2.58 bits per heavy atom. The van der Waals surface area contributed by atoms with Crippen molar-refractivity contribution in [3.05, 3.63) is 80.8 Å². The molecule has 0 atom stereocenters. The molecule has 3 aromatic rings. The second-order valence-electron chi connectivity index (χ2n) is 8.13. The highest BCUT2D eigenvalue weighted by molar-refractivity contribution is 9.10. The third-order valence-electron chi connectivity index (χ3n) is 5.34. The van der Waals surface area contributed by atoms with Crippen molar-refractivity contribution < 1.29 is 42.2 Å². The molecule has 1 aliphatic rings. The minimum atomic E-state index is -0.670. The number of hydrogen-bond acceptors (Lipinski definition) is 9. The van der Waals surface area contributed by atoms with Crippen LogP contribution in [0.4, 0.5) is 14.9 Å². The molecule has 208 valence electrons. The number of imide groups is 1. The molecule has 2 heterocycles. The molecule has 0 aliphatic carbocycles. The van der Waals surface area contributed by atoms with E-state index in [1.807, 2.05) is 0 Å². The number of furan rings is 1. The molecule has 0 radical (unpaired) electrons. The third kappa shape index (κ3) is 6.90. The van der Waals surface area contributed by atoms with E-state index in [-0.39, 0.29) is 35.3 Å². The maximum Gasteiger partial charge on any atom is 0.373 e. The Morgan fingerprint density at radius 2 is 1.88 bits per heavy atom. The Kier molecular flexibility index (Phi) is 9.27. The average Bonchev–Trinajstić information content (AvgIpc) is 3.49. The molecular formula is C27H22BrFN2O8S. The van der Waals surface area contributed by atoms with Gasteiger partial charge in [-0.2, -0.15) is 0 Å². The van der Waals surface area contributed by atoms with Crippen LogP contribution in [-0.2, 0) is 20.9 Å². The van der Waals surface area contributed by atoms with Crippen LogP contribution in [0.15, 0.2) is 62.3 Å². The molecule has 40 heavy (non-hydrogen) atoms. The van der Waals surface area contributed by atoms with E-state index >= 15 is 0 Å². The minimum Gasteiger partial charge on any atom is -0.490 e. The van der Waals surface area contributed by atoms with Gasteiger partial charge in [0.15, 0.2) is 18.1 Å². The van der Waals surface area contributed by atoms with Crippen LogP contribution < -0.4 is 14.8 Å². The molecule has 1 aliphatic heterocycles. The molecule has 1 saturated heterocycles. The molecule has 1 N–H and O–H groups in total. The number of thioether (sulfide) groups is 1. The zero-order valence-corrected chi connectivity index (χ0v) is 23.6. The highest BCUT2D eigenvalue weighted by Crippen LogP contribution is 2.39. The third-order valence-corrected chi connectivity index (χ3v) is 6.84. The first-order valence-electron chi connectivity index (χ1n) is 11.8. The van der Waals surface area contributed by atoms with Crippen molar-refractivity contribution >= 4 is 62.5 Å². The summed E-state index contributed by atoms with van der Waals surface area (Å²) in [5.41, 5.74) is 0.953. The minimum absolute atomic E-state index is 0.0384. The number of amides is 3. The van der Waals surface area contributed by atoms with E-state index in [9.17, 15) is 23.6 Å². The molecule has 0 spiro atoms. The summed E-state index contributed by atoms with van der Waals surface area (Å²) in [4.78, 5) is 50.6. The molecule has 10 nitrogen and oxygen atoms in total. The van der Waals surface area contributed by atoms with Crippen molar-refractivity contribution in [3.63, 3.8) is 0 Å². The van der Waals surface area contributed by atoms with E-state index in [1.165, 1.54) is 49.6 Å². The normalized spacial score (nSPS) is 14.0. The molecule has 2 aromatic carbocycles. The number of benzene rings is 2. The predicted octanol–water partition coefficient (Wildman–Crippen LogP) is 5.62. The van der Waals surface area contributed by atoms with Crippen LogP contribution in [0.1, 0.15) is 28.8 Å². The van der Waals surface area contributed by atoms with Gasteiger partial charge in [-0.3, -0.25) is 19.3 Å². The monoisotopic (exact) mass is 632 g/mol. The number of esters is 1. The Balaban J connectivity index is 1.47. The molecular weight excluding hydrogens is 611 g/mol. The van der Waals surface area contributed by atoms with Crippen molar-refractivity contribution in [1.29, 1.82) is 0 Å². The van der Waals surface area contributed by atoms with Crippen molar-refractivity contribution in [2.45, 2.75) is 13.5 Å². The second-order valence-corrected chi connectivity index (χ2v) is 9.98. The Morgan fingerprint density at radius 1 is 1.12 bits per heavy atom. The lowest BCUT2D eigenvalue weighted by molar-refractivity contribution is -0.123. The smallest absolute Gasteiger partial charge is 0.373 e. The summed E-state index contributed by atoms with van der Waals surface area (Å²) in [6.07, 6.45) is 1.53. The highest BCUT2D eigenvalue weighted by Gasteiger charge is 2.36. The van der Waals surface area contributed by atoms with Crippen LogP contribution in [-0.4, -0.2) is 48.2 Å². The summed E-state index contributed by atoms with van der Waals surface area (Å²) in [7, 11) is 1.21. The van der Waals surface area contributed by atoms with Crippen LogP contribution in [0.5, 0.6) is 11.5 Å².